The highest BCUT2D eigenvalue weighted by molar-refractivity contribution is 5.28. The van der Waals surface area contributed by atoms with Gasteiger partial charge in [-0.1, -0.05) is 13.8 Å². The molecule has 0 spiro atoms. The lowest BCUT2D eigenvalue weighted by molar-refractivity contribution is 0.431. The molecule has 0 aliphatic carbocycles. The highest BCUT2D eigenvalue weighted by atomic mass is 19.2. The molecule has 0 radical (unpaired) electrons. The van der Waals surface area contributed by atoms with Crippen LogP contribution in [0.25, 0.3) is 0 Å². The number of nitrogens with two attached hydrogens (primary N) is 1. The molecule has 0 saturated heterocycles. The molecule has 2 N–H and O–H groups in total. The SMILES string of the molecule is CC.Cc1c(F)c(F)c(CN)c(F)c1F. The Bertz CT molecular complexity index is 321. The molecule has 0 aromatic heterocycles. The Hall–Kier alpha value is -1.10. The Morgan fingerprint density at radius 2 is 1.20 bits per heavy atom. The standard InChI is InChI=1S/C8H7F4N.C2H6/c1-3-5(9)7(11)4(2-13)8(12)6(3)10;1-2/h2,13H2,1H3;1-2H3. The zero-order valence-electron chi connectivity index (χ0n) is 8.80. The van der Waals surface area contributed by atoms with Gasteiger partial charge < -0.3 is 5.73 Å². The first kappa shape index (κ1) is 13.9. The minimum atomic E-state index is -1.42. The van der Waals surface area contributed by atoms with Crippen molar-refractivity contribution in [1.82, 2.24) is 0 Å². The second kappa shape index (κ2) is 5.70. The van der Waals surface area contributed by atoms with Crippen molar-refractivity contribution in [3.63, 3.8) is 0 Å². The fourth-order valence-corrected chi connectivity index (χ4v) is 0.966. The van der Waals surface area contributed by atoms with Crippen LogP contribution < -0.4 is 5.73 Å². The molecule has 0 fully saturated rings. The molecule has 0 heterocycles. The van der Waals surface area contributed by atoms with Crippen LogP contribution >= 0.6 is 0 Å². The van der Waals surface area contributed by atoms with Gasteiger partial charge in [-0.25, -0.2) is 17.6 Å². The normalized spacial score (nSPS) is 9.60. The van der Waals surface area contributed by atoms with Crippen molar-refractivity contribution in [3.8, 4) is 0 Å². The molecule has 86 valence electrons. The molecule has 1 nitrogen and oxygen atoms in total. The molecule has 0 amide bonds. The molecule has 1 rings (SSSR count). The van der Waals surface area contributed by atoms with Gasteiger partial charge in [0.15, 0.2) is 23.3 Å². The van der Waals surface area contributed by atoms with E-state index >= 15 is 0 Å². The number of benzene rings is 1. The van der Waals surface area contributed by atoms with E-state index in [1.807, 2.05) is 13.8 Å². The van der Waals surface area contributed by atoms with Crippen LogP contribution in [0.15, 0.2) is 0 Å². The monoisotopic (exact) mass is 223 g/mol. The second-order valence-electron chi connectivity index (χ2n) is 2.56. The summed E-state index contributed by atoms with van der Waals surface area (Å²) in [5.74, 6) is -5.61. The Labute approximate surface area is 85.9 Å². The highest BCUT2D eigenvalue weighted by Gasteiger charge is 2.21. The number of hydrogen-bond donors (Lipinski definition) is 1. The largest absolute Gasteiger partial charge is 0.326 e. The third kappa shape index (κ3) is 2.47. The maximum absolute atomic E-state index is 12.8. The minimum Gasteiger partial charge on any atom is -0.326 e. The number of hydrogen-bond acceptors (Lipinski definition) is 1. The minimum absolute atomic E-state index is 0.578. The summed E-state index contributed by atoms with van der Waals surface area (Å²) in [5, 5.41) is 0. The zero-order chi connectivity index (χ0) is 12.2. The second-order valence-corrected chi connectivity index (χ2v) is 2.56. The van der Waals surface area contributed by atoms with Crippen LogP contribution in [0.3, 0.4) is 0 Å². The Morgan fingerprint density at radius 3 is 1.47 bits per heavy atom. The van der Waals surface area contributed by atoms with Gasteiger partial charge in [-0.3, -0.25) is 0 Å². The lowest BCUT2D eigenvalue weighted by Crippen LogP contribution is -2.10. The van der Waals surface area contributed by atoms with Crippen molar-refractivity contribution >= 4 is 0 Å². The Kier molecular flexibility index (Phi) is 5.28. The van der Waals surface area contributed by atoms with Gasteiger partial charge in [0.1, 0.15) is 0 Å². The van der Waals surface area contributed by atoms with Crippen molar-refractivity contribution in [2.75, 3.05) is 0 Å². The summed E-state index contributed by atoms with van der Waals surface area (Å²) in [6.45, 7) is 4.38. The molecule has 15 heavy (non-hydrogen) atoms. The molecular formula is C10H13F4N. The Balaban J connectivity index is 0.000000921. The fraction of sp³-hybridized carbons (Fsp3) is 0.400. The van der Waals surface area contributed by atoms with Crippen LogP contribution in [0.2, 0.25) is 0 Å². The van der Waals surface area contributed by atoms with Crippen LogP contribution in [0.1, 0.15) is 25.0 Å². The average Bonchev–Trinajstić information content (AvgIpc) is 2.27. The zero-order valence-corrected chi connectivity index (χ0v) is 8.80. The lowest BCUT2D eigenvalue weighted by Gasteiger charge is -2.06. The third-order valence-corrected chi connectivity index (χ3v) is 1.78. The van der Waals surface area contributed by atoms with Crippen LogP contribution in [0, 0.1) is 30.2 Å². The molecule has 1 aromatic rings. The van der Waals surface area contributed by atoms with Crippen molar-refractivity contribution in [2.24, 2.45) is 5.73 Å². The van der Waals surface area contributed by atoms with Gasteiger partial charge in [-0.15, -0.1) is 0 Å². The molecular weight excluding hydrogens is 210 g/mol. The fourth-order valence-electron chi connectivity index (χ4n) is 0.966. The van der Waals surface area contributed by atoms with Gasteiger partial charge in [-0.05, 0) is 6.92 Å². The Morgan fingerprint density at radius 1 is 0.867 bits per heavy atom. The van der Waals surface area contributed by atoms with Crippen LogP contribution in [0.5, 0.6) is 0 Å². The molecule has 5 heteroatoms. The van der Waals surface area contributed by atoms with Crippen LogP contribution in [0.4, 0.5) is 17.6 Å². The van der Waals surface area contributed by atoms with E-state index in [1.165, 1.54) is 0 Å². The van der Waals surface area contributed by atoms with E-state index in [4.69, 9.17) is 5.73 Å². The molecule has 0 aliphatic heterocycles. The summed E-state index contributed by atoms with van der Waals surface area (Å²) in [7, 11) is 0. The predicted molar refractivity (Wildman–Crippen MR) is 50.3 cm³/mol. The van der Waals surface area contributed by atoms with E-state index in [2.05, 4.69) is 0 Å². The van der Waals surface area contributed by atoms with Crippen molar-refractivity contribution < 1.29 is 17.6 Å². The third-order valence-electron chi connectivity index (χ3n) is 1.78. The maximum Gasteiger partial charge on any atom is 0.166 e. The smallest absolute Gasteiger partial charge is 0.166 e. The van der Waals surface area contributed by atoms with Crippen molar-refractivity contribution in [2.45, 2.75) is 27.3 Å². The topological polar surface area (TPSA) is 26.0 Å². The first-order valence-corrected chi connectivity index (χ1v) is 4.52. The van der Waals surface area contributed by atoms with E-state index in [-0.39, 0.29) is 0 Å². The van der Waals surface area contributed by atoms with Gasteiger partial charge in [0.2, 0.25) is 0 Å². The predicted octanol–water partition coefficient (Wildman–Crippen LogP) is 3.04. The van der Waals surface area contributed by atoms with Crippen LogP contribution in [-0.2, 0) is 6.54 Å². The van der Waals surface area contributed by atoms with E-state index in [0.29, 0.717) is 0 Å². The van der Waals surface area contributed by atoms with Gasteiger partial charge in [0.25, 0.3) is 0 Å². The molecule has 0 bridgehead atoms. The summed E-state index contributed by atoms with van der Waals surface area (Å²) in [4.78, 5) is 0. The summed E-state index contributed by atoms with van der Waals surface area (Å²) in [6, 6.07) is 0. The van der Waals surface area contributed by atoms with Crippen molar-refractivity contribution in [1.29, 1.82) is 0 Å². The first-order valence-electron chi connectivity index (χ1n) is 4.52. The summed E-state index contributed by atoms with van der Waals surface area (Å²) < 4.78 is 51.2. The quantitative estimate of drug-likeness (QED) is 0.574. The number of halogens is 4. The summed E-state index contributed by atoms with van der Waals surface area (Å²) >= 11 is 0. The van der Waals surface area contributed by atoms with Gasteiger partial charge in [0, 0.05) is 17.7 Å². The van der Waals surface area contributed by atoms with Crippen molar-refractivity contribution in [3.05, 3.63) is 34.4 Å². The van der Waals surface area contributed by atoms with Gasteiger partial charge >= 0.3 is 0 Å². The number of rotatable bonds is 1. The highest BCUT2D eigenvalue weighted by Crippen LogP contribution is 2.22. The van der Waals surface area contributed by atoms with Gasteiger partial charge in [0.05, 0.1) is 0 Å². The van der Waals surface area contributed by atoms with Crippen LogP contribution in [-0.4, -0.2) is 0 Å². The van der Waals surface area contributed by atoms with E-state index in [0.717, 1.165) is 6.92 Å². The lowest BCUT2D eigenvalue weighted by atomic mass is 10.1. The maximum atomic E-state index is 12.8. The van der Waals surface area contributed by atoms with E-state index < -0.39 is 40.9 Å². The molecule has 0 atom stereocenters. The molecule has 0 unspecified atom stereocenters. The molecule has 0 saturated carbocycles. The van der Waals surface area contributed by atoms with E-state index in [1.54, 1.807) is 0 Å². The first-order chi connectivity index (χ1) is 7.00. The molecule has 1 aromatic carbocycles. The summed E-state index contributed by atoms with van der Waals surface area (Å²) in [6.07, 6.45) is 0. The molecule has 0 aliphatic rings. The van der Waals surface area contributed by atoms with E-state index in [9.17, 15) is 17.6 Å². The van der Waals surface area contributed by atoms with Gasteiger partial charge in [-0.2, -0.15) is 0 Å². The summed E-state index contributed by atoms with van der Waals surface area (Å²) in [5.41, 5.74) is 3.49. The average molecular weight is 223 g/mol.